The lowest BCUT2D eigenvalue weighted by Crippen LogP contribution is -2.12. The van der Waals surface area contributed by atoms with E-state index < -0.39 is 15.8 Å². The molecule has 0 radical (unpaired) electrons. The van der Waals surface area contributed by atoms with E-state index in [0.29, 0.717) is 23.6 Å². The molecule has 1 heterocycles. The molecule has 0 aliphatic carbocycles. The van der Waals surface area contributed by atoms with Gasteiger partial charge in [-0.05, 0) is 55.0 Å². The van der Waals surface area contributed by atoms with E-state index in [0.717, 1.165) is 5.56 Å². The molecular formula is C21H20FN3O4S. The van der Waals surface area contributed by atoms with Gasteiger partial charge in [0.2, 0.25) is 5.91 Å². The predicted molar refractivity (Wildman–Crippen MR) is 113 cm³/mol. The van der Waals surface area contributed by atoms with Gasteiger partial charge in [-0.3, -0.25) is 9.52 Å². The summed E-state index contributed by atoms with van der Waals surface area (Å²) in [6, 6.07) is 11.2. The van der Waals surface area contributed by atoms with Gasteiger partial charge in [0.15, 0.2) is 5.76 Å². The Morgan fingerprint density at radius 3 is 2.40 bits per heavy atom. The summed E-state index contributed by atoms with van der Waals surface area (Å²) in [5.41, 5.74) is 2.05. The van der Waals surface area contributed by atoms with E-state index in [1.807, 2.05) is 0 Å². The number of aryl methyl sites for hydroxylation is 1. The van der Waals surface area contributed by atoms with Crippen LogP contribution < -0.4 is 10.0 Å². The van der Waals surface area contributed by atoms with Crippen molar-refractivity contribution in [2.24, 2.45) is 0 Å². The van der Waals surface area contributed by atoms with Crippen LogP contribution in [-0.2, 0) is 14.8 Å². The van der Waals surface area contributed by atoms with Crippen LogP contribution in [0.1, 0.15) is 30.4 Å². The van der Waals surface area contributed by atoms with E-state index >= 15 is 0 Å². The smallest absolute Gasteiger partial charge is 0.261 e. The maximum absolute atomic E-state index is 13.0. The number of aromatic nitrogens is 1. The normalized spacial score (nSPS) is 11.6. The Kier molecular flexibility index (Phi) is 6.31. The molecule has 0 bridgehead atoms. The van der Waals surface area contributed by atoms with Crippen LogP contribution >= 0.6 is 0 Å². The maximum Gasteiger partial charge on any atom is 0.261 e. The third-order valence-corrected chi connectivity index (χ3v) is 5.59. The monoisotopic (exact) mass is 429 g/mol. The molecule has 2 aromatic carbocycles. The first-order chi connectivity index (χ1) is 14.3. The highest BCUT2D eigenvalue weighted by Crippen LogP contribution is 2.23. The first kappa shape index (κ1) is 21.3. The lowest BCUT2D eigenvalue weighted by atomic mass is 10.2. The van der Waals surface area contributed by atoms with E-state index in [-0.39, 0.29) is 16.5 Å². The predicted octanol–water partition coefficient (Wildman–Crippen LogP) is 4.44. The number of anilines is 2. The number of nitrogens with zero attached hydrogens (tertiary/aromatic N) is 1. The van der Waals surface area contributed by atoms with Gasteiger partial charge in [0.1, 0.15) is 17.2 Å². The van der Waals surface area contributed by atoms with Crippen LogP contribution in [0.5, 0.6) is 0 Å². The standard InChI is InChI=1S/C21H20FN3O4S/c1-3-20(26)23-21-14(2)24-29-19(21)13-6-15-4-11-18(12-5-15)30(27,28)25-17-9-7-16(22)8-10-17/h4-13,25H,3H2,1-2H3,(H,23,26). The number of nitrogens with one attached hydrogen (secondary N) is 2. The molecule has 30 heavy (non-hydrogen) atoms. The number of carbonyl (C=O) groups excluding carboxylic acids is 1. The third-order valence-electron chi connectivity index (χ3n) is 4.19. The van der Waals surface area contributed by atoms with Gasteiger partial charge in [0.05, 0.1) is 4.90 Å². The molecule has 0 unspecified atom stereocenters. The summed E-state index contributed by atoms with van der Waals surface area (Å²) >= 11 is 0. The fourth-order valence-electron chi connectivity index (χ4n) is 2.54. The Morgan fingerprint density at radius 2 is 1.77 bits per heavy atom. The van der Waals surface area contributed by atoms with E-state index in [2.05, 4.69) is 15.2 Å². The molecular weight excluding hydrogens is 409 g/mol. The molecule has 2 N–H and O–H groups in total. The van der Waals surface area contributed by atoms with Crippen LogP contribution in [0.15, 0.2) is 57.9 Å². The van der Waals surface area contributed by atoms with Gasteiger partial charge in [-0.15, -0.1) is 0 Å². The van der Waals surface area contributed by atoms with Crippen molar-refractivity contribution in [2.45, 2.75) is 25.2 Å². The van der Waals surface area contributed by atoms with Crippen molar-refractivity contribution < 1.29 is 22.1 Å². The topological polar surface area (TPSA) is 101 Å². The number of benzene rings is 2. The molecule has 0 aliphatic rings. The molecule has 9 heteroatoms. The van der Waals surface area contributed by atoms with Crippen molar-refractivity contribution in [1.29, 1.82) is 0 Å². The summed E-state index contributed by atoms with van der Waals surface area (Å²) in [6.45, 7) is 3.47. The van der Waals surface area contributed by atoms with Crippen molar-refractivity contribution in [3.8, 4) is 0 Å². The Labute approximate surface area is 173 Å². The van der Waals surface area contributed by atoms with Crippen molar-refractivity contribution >= 4 is 39.5 Å². The number of hydrogen-bond donors (Lipinski definition) is 2. The van der Waals surface area contributed by atoms with Crippen LogP contribution in [0.4, 0.5) is 15.8 Å². The summed E-state index contributed by atoms with van der Waals surface area (Å²) in [5.74, 6) is -0.211. The Hall–Kier alpha value is -3.46. The van der Waals surface area contributed by atoms with Crippen LogP contribution in [-0.4, -0.2) is 19.5 Å². The molecule has 0 aliphatic heterocycles. The third kappa shape index (κ3) is 5.12. The fraction of sp³-hybridized carbons (Fsp3) is 0.143. The van der Waals surface area contributed by atoms with E-state index in [4.69, 9.17) is 4.52 Å². The highest BCUT2D eigenvalue weighted by molar-refractivity contribution is 7.92. The highest BCUT2D eigenvalue weighted by Gasteiger charge is 2.15. The van der Waals surface area contributed by atoms with Gasteiger partial charge in [-0.1, -0.05) is 30.3 Å². The SMILES string of the molecule is CCC(=O)Nc1c(C)noc1C=Cc1ccc(S(=O)(=O)Nc2ccc(F)cc2)cc1. The zero-order chi connectivity index (χ0) is 21.7. The van der Waals surface area contributed by atoms with Gasteiger partial charge in [0, 0.05) is 12.1 Å². The number of amides is 1. The molecule has 0 atom stereocenters. The molecule has 7 nitrogen and oxygen atoms in total. The lowest BCUT2D eigenvalue weighted by Gasteiger charge is -2.08. The zero-order valence-electron chi connectivity index (χ0n) is 16.3. The van der Waals surface area contributed by atoms with Gasteiger partial charge < -0.3 is 9.84 Å². The number of halogens is 1. The summed E-state index contributed by atoms with van der Waals surface area (Å²) in [4.78, 5) is 11.7. The van der Waals surface area contributed by atoms with Gasteiger partial charge in [-0.25, -0.2) is 12.8 Å². The van der Waals surface area contributed by atoms with Crippen LogP contribution in [0.2, 0.25) is 0 Å². The van der Waals surface area contributed by atoms with E-state index in [1.165, 1.54) is 36.4 Å². The van der Waals surface area contributed by atoms with Crippen molar-refractivity contribution in [3.05, 3.63) is 71.4 Å². The number of rotatable bonds is 7. The Morgan fingerprint density at radius 1 is 1.10 bits per heavy atom. The number of hydrogen-bond acceptors (Lipinski definition) is 5. The molecule has 0 fully saturated rings. The quantitative estimate of drug-likeness (QED) is 0.578. The first-order valence-electron chi connectivity index (χ1n) is 9.11. The second-order valence-corrected chi connectivity index (χ2v) is 8.11. The second-order valence-electron chi connectivity index (χ2n) is 6.42. The Bertz CT molecular complexity index is 1170. The van der Waals surface area contributed by atoms with Crippen LogP contribution in [0.3, 0.4) is 0 Å². The lowest BCUT2D eigenvalue weighted by molar-refractivity contribution is -0.115. The molecule has 0 spiro atoms. The van der Waals surface area contributed by atoms with Gasteiger partial charge in [0.25, 0.3) is 10.0 Å². The van der Waals surface area contributed by atoms with Crippen molar-refractivity contribution in [2.75, 3.05) is 10.0 Å². The molecule has 3 aromatic rings. The molecule has 0 saturated carbocycles. The molecule has 0 saturated heterocycles. The maximum atomic E-state index is 13.0. The largest absolute Gasteiger partial charge is 0.354 e. The average Bonchev–Trinajstić information content (AvgIpc) is 3.07. The number of carbonyl (C=O) groups is 1. The summed E-state index contributed by atoms with van der Waals surface area (Å²) < 4.78 is 45.5. The molecule has 3 rings (SSSR count). The minimum atomic E-state index is -3.80. The fourth-order valence-corrected chi connectivity index (χ4v) is 3.60. The minimum Gasteiger partial charge on any atom is -0.354 e. The van der Waals surface area contributed by atoms with Gasteiger partial charge >= 0.3 is 0 Å². The minimum absolute atomic E-state index is 0.0652. The summed E-state index contributed by atoms with van der Waals surface area (Å²) in [5, 5.41) is 6.60. The number of sulfonamides is 1. The second kappa shape index (κ2) is 8.91. The molecule has 156 valence electrons. The van der Waals surface area contributed by atoms with Crippen LogP contribution in [0.25, 0.3) is 12.2 Å². The zero-order valence-corrected chi connectivity index (χ0v) is 17.2. The first-order valence-corrected chi connectivity index (χ1v) is 10.6. The van der Waals surface area contributed by atoms with E-state index in [9.17, 15) is 17.6 Å². The Balaban J connectivity index is 1.74. The summed E-state index contributed by atoms with van der Waals surface area (Å²) in [6.07, 6.45) is 3.69. The van der Waals surface area contributed by atoms with Crippen molar-refractivity contribution in [1.82, 2.24) is 5.16 Å². The van der Waals surface area contributed by atoms with Crippen LogP contribution in [0, 0.1) is 12.7 Å². The average molecular weight is 429 g/mol. The van der Waals surface area contributed by atoms with Crippen molar-refractivity contribution in [3.63, 3.8) is 0 Å². The highest BCUT2D eigenvalue weighted by atomic mass is 32.2. The molecule has 1 amide bonds. The summed E-state index contributed by atoms with van der Waals surface area (Å²) in [7, 11) is -3.80. The van der Waals surface area contributed by atoms with E-state index in [1.54, 1.807) is 38.1 Å². The molecule has 1 aromatic heterocycles. The van der Waals surface area contributed by atoms with Gasteiger partial charge in [-0.2, -0.15) is 0 Å².